The molecular weight excluding hydrogens is 656 g/mol. The first-order valence-electron chi connectivity index (χ1n) is 10.1. The maximum Gasteiger partial charge on any atom is 0.155 e. The van der Waals surface area contributed by atoms with Crippen LogP contribution in [0.2, 0.25) is 0 Å². The van der Waals surface area contributed by atoms with Crippen LogP contribution in [0.1, 0.15) is 65.5 Å². The van der Waals surface area contributed by atoms with Crippen molar-refractivity contribution in [3.63, 3.8) is 0 Å². The van der Waals surface area contributed by atoms with Crippen molar-refractivity contribution in [3.05, 3.63) is 53.3 Å². The molecule has 0 aliphatic rings. The highest BCUT2D eigenvalue weighted by atomic mass is 79.9. The summed E-state index contributed by atoms with van der Waals surface area (Å²) in [5.74, 6) is 1.39. The van der Waals surface area contributed by atoms with Gasteiger partial charge >= 0.3 is 0 Å². The second-order valence-corrected chi connectivity index (χ2v) is 12.1. The average molecular weight is 686 g/mol. The Hall–Kier alpha value is -0.120. The molecule has 2 aromatic rings. The van der Waals surface area contributed by atoms with Crippen molar-refractivity contribution < 1.29 is 9.47 Å². The molecule has 0 aromatic heterocycles. The van der Waals surface area contributed by atoms with Gasteiger partial charge in [-0.2, -0.15) is 0 Å². The second kappa shape index (κ2) is 10.0. The van der Waals surface area contributed by atoms with E-state index in [-0.39, 0.29) is 5.41 Å². The van der Waals surface area contributed by atoms with E-state index in [2.05, 4.69) is 102 Å². The van der Waals surface area contributed by atoms with E-state index in [1.165, 1.54) is 0 Å². The normalized spacial score (nSPS) is 15.9. The van der Waals surface area contributed by atoms with Gasteiger partial charge in [-0.15, -0.1) is 0 Å². The average Bonchev–Trinajstić information content (AvgIpc) is 2.67. The molecule has 31 heavy (non-hydrogen) atoms. The number of ether oxygens (including phenoxy) is 2. The van der Waals surface area contributed by atoms with Crippen LogP contribution in [0.3, 0.4) is 0 Å². The van der Waals surface area contributed by atoms with Gasteiger partial charge in [0.2, 0.25) is 0 Å². The van der Waals surface area contributed by atoms with E-state index in [1.807, 2.05) is 27.7 Å². The predicted molar refractivity (Wildman–Crippen MR) is 143 cm³/mol. The van der Waals surface area contributed by atoms with Crippen molar-refractivity contribution in [3.8, 4) is 11.5 Å². The molecule has 2 unspecified atom stereocenters. The molecule has 4 N–H and O–H groups in total. The summed E-state index contributed by atoms with van der Waals surface area (Å²) < 4.78 is 15.4. The fraction of sp³-hybridized carbons (Fsp3) is 0.478. The summed E-state index contributed by atoms with van der Waals surface area (Å²) in [6.45, 7) is 12.1. The molecule has 0 fully saturated rings. The standard InChI is InChI=1S/C23H30Br4N2O2/c1-7-22(5,28)30-19-15(24)9-13(10-16(19)25)21(3,4)14-11-17(26)20(18(27)12-14)31-23(6,29)8-2/h9-12H,7-8,28-29H2,1-6H3. The Morgan fingerprint density at radius 1 is 0.645 bits per heavy atom. The third-order valence-electron chi connectivity index (χ3n) is 5.51. The summed E-state index contributed by atoms with van der Waals surface area (Å²) in [6, 6.07) is 8.30. The molecule has 0 aliphatic carbocycles. The zero-order chi connectivity index (χ0) is 23.8. The molecule has 0 amide bonds. The summed E-state index contributed by atoms with van der Waals surface area (Å²) >= 11 is 14.7. The quantitative estimate of drug-likeness (QED) is 0.277. The summed E-state index contributed by atoms with van der Waals surface area (Å²) in [5, 5.41) is 0. The molecule has 2 atom stereocenters. The molecule has 0 radical (unpaired) electrons. The third kappa shape index (κ3) is 6.48. The third-order valence-corrected chi connectivity index (χ3v) is 7.87. The lowest BCUT2D eigenvalue weighted by atomic mass is 9.78. The first-order chi connectivity index (χ1) is 14.1. The predicted octanol–water partition coefficient (Wildman–Crippen LogP) is 7.99. The zero-order valence-corrected chi connectivity index (χ0v) is 25.1. The van der Waals surface area contributed by atoms with Crippen LogP contribution in [0.4, 0.5) is 0 Å². The molecule has 0 spiro atoms. The zero-order valence-electron chi connectivity index (χ0n) is 18.7. The van der Waals surface area contributed by atoms with E-state index in [1.54, 1.807) is 0 Å². The minimum absolute atomic E-state index is 0.305. The van der Waals surface area contributed by atoms with E-state index >= 15 is 0 Å². The largest absolute Gasteiger partial charge is 0.471 e. The van der Waals surface area contributed by atoms with Crippen LogP contribution in [-0.4, -0.2) is 11.4 Å². The Morgan fingerprint density at radius 2 is 0.903 bits per heavy atom. The van der Waals surface area contributed by atoms with Crippen LogP contribution in [0.25, 0.3) is 0 Å². The number of benzene rings is 2. The molecule has 8 heteroatoms. The highest BCUT2D eigenvalue weighted by Crippen LogP contribution is 2.45. The van der Waals surface area contributed by atoms with Crippen LogP contribution >= 0.6 is 63.7 Å². The van der Waals surface area contributed by atoms with Gasteiger partial charge in [-0.3, -0.25) is 11.5 Å². The Labute approximate surface area is 219 Å². The number of halogens is 4. The number of hydrogen-bond acceptors (Lipinski definition) is 4. The smallest absolute Gasteiger partial charge is 0.155 e. The van der Waals surface area contributed by atoms with E-state index in [9.17, 15) is 0 Å². The lowest BCUT2D eigenvalue weighted by molar-refractivity contribution is 0.0895. The van der Waals surface area contributed by atoms with Gasteiger partial charge in [0.05, 0.1) is 17.9 Å². The molecule has 0 heterocycles. The Bertz CT molecular complexity index is 837. The number of nitrogens with two attached hydrogens (primary N) is 2. The van der Waals surface area contributed by atoms with E-state index in [4.69, 9.17) is 20.9 Å². The van der Waals surface area contributed by atoms with Crippen molar-refractivity contribution in [2.45, 2.75) is 71.2 Å². The molecule has 2 rings (SSSR count). The molecule has 0 aliphatic heterocycles. The van der Waals surface area contributed by atoms with Gasteiger partial charge in [-0.05, 0) is 126 Å². The molecule has 2 aromatic carbocycles. The van der Waals surface area contributed by atoms with Crippen LogP contribution in [0.15, 0.2) is 42.2 Å². The second-order valence-electron chi connectivity index (χ2n) is 8.70. The van der Waals surface area contributed by atoms with Crippen LogP contribution in [0, 0.1) is 0 Å². The Morgan fingerprint density at radius 3 is 1.13 bits per heavy atom. The molecule has 4 nitrogen and oxygen atoms in total. The maximum atomic E-state index is 6.21. The summed E-state index contributed by atoms with van der Waals surface area (Å²) in [4.78, 5) is 0. The summed E-state index contributed by atoms with van der Waals surface area (Å²) in [7, 11) is 0. The van der Waals surface area contributed by atoms with Gasteiger partial charge in [-0.1, -0.05) is 27.7 Å². The van der Waals surface area contributed by atoms with Crippen molar-refractivity contribution >= 4 is 63.7 Å². The minimum atomic E-state index is -0.746. The first-order valence-corrected chi connectivity index (χ1v) is 13.3. The van der Waals surface area contributed by atoms with Gasteiger partial charge in [0.15, 0.2) is 11.4 Å². The van der Waals surface area contributed by atoms with Gasteiger partial charge in [-0.25, -0.2) is 0 Å². The van der Waals surface area contributed by atoms with Crippen molar-refractivity contribution in [2.24, 2.45) is 11.5 Å². The highest BCUT2D eigenvalue weighted by Gasteiger charge is 2.29. The highest BCUT2D eigenvalue weighted by molar-refractivity contribution is 9.11. The Kier molecular flexibility index (Phi) is 8.77. The molecule has 0 bridgehead atoms. The van der Waals surface area contributed by atoms with Crippen molar-refractivity contribution in [1.82, 2.24) is 0 Å². The van der Waals surface area contributed by atoms with E-state index < -0.39 is 11.4 Å². The van der Waals surface area contributed by atoms with Crippen molar-refractivity contribution in [1.29, 1.82) is 0 Å². The maximum absolute atomic E-state index is 6.21. The topological polar surface area (TPSA) is 70.5 Å². The van der Waals surface area contributed by atoms with Crippen LogP contribution in [0.5, 0.6) is 11.5 Å². The van der Waals surface area contributed by atoms with E-state index in [0.717, 1.165) is 29.0 Å². The number of hydrogen-bond donors (Lipinski definition) is 2. The lowest BCUT2D eigenvalue weighted by Gasteiger charge is -2.31. The van der Waals surface area contributed by atoms with Gasteiger partial charge < -0.3 is 9.47 Å². The number of rotatable bonds is 8. The van der Waals surface area contributed by atoms with Gasteiger partial charge in [0, 0.05) is 5.41 Å². The van der Waals surface area contributed by atoms with E-state index in [0.29, 0.717) is 24.3 Å². The van der Waals surface area contributed by atoms with Crippen molar-refractivity contribution in [2.75, 3.05) is 0 Å². The minimum Gasteiger partial charge on any atom is -0.471 e. The molecule has 172 valence electrons. The monoisotopic (exact) mass is 682 g/mol. The van der Waals surface area contributed by atoms with Gasteiger partial charge in [0.1, 0.15) is 11.5 Å². The fourth-order valence-corrected chi connectivity index (χ4v) is 5.51. The SMILES string of the molecule is CCC(C)(N)Oc1c(Br)cc(C(C)(C)c2cc(Br)c(OC(C)(N)CC)c(Br)c2)cc1Br. The van der Waals surface area contributed by atoms with Gasteiger partial charge in [0.25, 0.3) is 0 Å². The van der Waals surface area contributed by atoms with Crippen LogP contribution < -0.4 is 20.9 Å². The fourth-order valence-electron chi connectivity index (χ4n) is 2.81. The first kappa shape index (κ1) is 27.1. The molecular formula is C23H30Br4N2O2. The Balaban J connectivity index is 2.48. The summed E-state index contributed by atoms with van der Waals surface area (Å²) in [5.41, 5.74) is 12.8. The van der Waals surface area contributed by atoms with Crippen LogP contribution in [-0.2, 0) is 5.41 Å². The lowest BCUT2D eigenvalue weighted by Crippen LogP contribution is -2.41. The summed E-state index contributed by atoms with van der Waals surface area (Å²) in [6.07, 6.45) is 1.38. The molecule has 0 saturated carbocycles. The molecule has 0 saturated heterocycles.